The molecule has 2 fully saturated rings. The highest BCUT2D eigenvalue weighted by atomic mass is 16.7. The summed E-state index contributed by atoms with van der Waals surface area (Å²) >= 11 is 0. The summed E-state index contributed by atoms with van der Waals surface area (Å²) < 4.78 is 22.8. The number of carbonyl (C=O) groups is 1. The average Bonchev–Trinajstić information content (AvgIpc) is 3.49. The Hall–Kier alpha value is -3.35. The van der Waals surface area contributed by atoms with Gasteiger partial charge in [0.2, 0.25) is 5.91 Å². The van der Waals surface area contributed by atoms with Gasteiger partial charge >= 0.3 is 0 Å². The van der Waals surface area contributed by atoms with Crippen molar-refractivity contribution in [2.45, 2.75) is 280 Å². The standard InChI is InChI=1S/C66H111NO13/c1-3-5-7-9-11-13-15-17-19-21-23-24-25-26-27-28-29-30-32-34-36-38-40-42-44-46-48-50-58(71)67-54(55(70)49-47-45-43-41-39-37-35-33-31-22-20-18-16-14-12-10-8-6-4-2)53-77-65-63(76)61(74)64(57(52-69)79-65)80-66-62(75)60(73)59(72)56(51-68)78-66/h5,7,11,13,17,19,23-24,26-27,29-31,33,39,41,47,49,54-57,59-66,68-70,72-76H,3-4,6,8-10,12,14-16,18,20-22,25,28,32,34-38,40,42-46,48,50-53H2,1-2H3,(H,67,71)/b7-5-,13-11-,19-17-,24-23-,27-26-,30-29-,33-31+,41-39+,49-47+. The lowest BCUT2D eigenvalue weighted by Crippen LogP contribution is -2.65. The van der Waals surface area contributed by atoms with E-state index in [0.717, 1.165) is 96.3 Å². The van der Waals surface area contributed by atoms with Crippen LogP contribution in [0.15, 0.2) is 109 Å². The maximum absolute atomic E-state index is 13.3. The Morgan fingerprint density at radius 2 is 0.875 bits per heavy atom. The number of aliphatic hydroxyl groups excluding tert-OH is 8. The van der Waals surface area contributed by atoms with Gasteiger partial charge in [-0.05, 0) is 96.3 Å². The van der Waals surface area contributed by atoms with Gasteiger partial charge in [-0.25, -0.2) is 0 Å². The van der Waals surface area contributed by atoms with Crippen LogP contribution in [0.2, 0.25) is 0 Å². The number of ether oxygens (including phenoxy) is 4. The van der Waals surface area contributed by atoms with E-state index in [-0.39, 0.29) is 18.9 Å². The first-order valence-electron chi connectivity index (χ1n) is 31.1. The van der Waals surface area contributed by atoms with Crippen molar-refractivity contribution in [3.63, 3.8) is 0 Å². The van der Waals surface area contributed by atoms with E-state index in [0.29, 0.717) is 12.8 Å². The van der Waals surface area contributed by atoms with Crippen molar-refractivity contribution in [2.75, 3.05) is 19.8 Å². The highest BCUT2D eigenvalue weighted by Gasteiger charge is 2.51. The second-order valence-corrected chi connectivity index (χ2v) is 21.4. The molecule has 0 spiro atoms. The molecule has 12 atom stereocenters. The highest BCUT2D eigenvalue weighted by Crippen LogP contribution is 2.30. The predicted molar refractivity (Wildman–Crippen MR) is 322 cm³/mol. The molecule has 0 aromatic carbocycles. The summed E-state index contributed by atoms with van der Waals surface area (Å²) in [7, 11) is 0. The van der Waals surface area contributed by atoms with E-state index in [4.69, 9.17) is 18.9 Å². The van der Waals surface area contributed by atoms with E-state index in [1.54, 1.807) is 6.08 Å². The van der Waals surface area contributed by atoms with Crippen LogP contribution in [0.1, 0.15) is 206 Å². The van der Waals surface area contributed by atoms with E-state index < -0.39 is 86.8 Å². The molecule has 0 aliphatic carbocycles. The van der Waals surface area contributed by atoms with Crippen LogP contribution in [0.5, 0.6) is 0 Å². The molecule has 2 saturated heterocycles. The molecule has 0 saturated carbocycles. The van der Waals surface area contributed by atoms with Gasteiger partial charge in [0.15, 0.2) is 12.6 Å². The minimum absolute atomic E-state index is 0.253. The summed E-state index contributed by atoms with van der Waals surface area (Å²) in [6.45, 7) is 2.64. The van der Waals surface area contributed by atoms with Crippen molar-refractivity contribution in [1.29, 1.82) is 0 Å². The van der Waals surface area contributed by atoms with Crippen molar-refractivity contribution in [2.24, 2.45) is 0 Å². The summed E-state index contributed by atoms with van der Waals surface area (Å²) in [4.78, 5) is 13.3. The Kier molecular flexibility index (Phi) is 45.6. The molecule has 2 heterocycles. The number of allylic oxidation sites excluding steroid dienone is 17. The zero-order valence-electron chi connectivity index (χ0n) is 49.3. The van der Waals surface area contributed by atoms with Crippen LogP contribution < -0.4 is 5.32 Å². The number of unbranched alkanes of at least 4 members (excludes halogenated alkanes) is 19. The maximum atomic E-state index is 13.3. The molecular formula is C66H111NO13. The Balaban J connectivity index is 1.77. The zero-order valence-corrected chi connectivity index (χ0v) is 49.3. The number of hydrogen-bond donors (Lipinski definition) is 9. The largest absolute Gasteiger partial charge is 0.394 e. The molecule has 0 aromatic rings. The van der Waals surface area contributed by atoms with Gasteiger partial charge in [-0.3, -0.25) is 4.79 Å². The molecule has 458 valence electrons. The van der Waals surface area contributed by atoms with Crippen molar-refractivity contribution < 1.29 is 64.6 Å². The normalized spacial score (nSPS) is 25.0. The first-order valence-corrected chi connectivity index (χ1v) is 31.1. The van der Waals surface area contributed by atoms with Crippen LogP contribution in [-0.4, -0.2) is 140 Å². The van der Waals surface area contributed by atoms with E-state index >= 15 is 0 Å². The Labute approximate surface area is 483 Å². The van der Waals surface area contributed by atoms with Gasteiger partial charge in [0.25, 0.3) is 0 Å². The molecule has 0 bridgehead atoms. The monoisotopic (exact) mass is 1130 g/mol. The molecule has 2 rings (SSSR count). The molecule has 80 heavy (non-hydrogen) atoms. The number of aliphatic hydroxyl groups is 8. The number of amides is 1. The molecule has 14 nitrogen and oxygen atoms in total. The number of carbonyl (C=O) groups excluding carboxylic acids is 1. The van der Waals surface area contributed by atoms with E-state index in [2.05, 4.69) is 116 Å². The molecule has 1 amide bonds. The van der Waals surface area contributed by atoms with E-state index in [1.165, 1.54) is 77.0 Å². The van der Waals surface area contributed by atoms with Crippen LogP contribution >= 0.6 is 0 Å². The molecule has 12 unspecified atom stereocenters. The lowest BCUT2D eigenvalue weighted by Gasteiger charge is -2.46. The zero-order chi connectivity index (χ0) is 58.1. The summed E-state index contributed by atoms with van der Waals surface area (Å²) in [5.41, 5.74) is 0. The highest BCUT2D eigenvalue weighted by molar-refractivity contribution is 5.76. The van der Waals surface area contributed by atoms with Crippen molar-refractivity contribution in [3.8, 4) is 0 Å². The lowest BCUT2D eigenvalue weighted by atomic mass is 9.97. The van der Waals surface area contributed by atoms with E-state index in [9.17, 15) is 45.6 Å². The average molecular weight is 1130 g/mol. The first-order chi connectivity index (χ1) is 39.1. The smallest absolute Gasteiger partial charge is 0.220 e. The fourth-order valence-corrected chi connectivity index (χ4v) is 9.44. The summed E-state index contributed by atoms with van der Waals surface area (Å²) in [6, 6.07) is -0.951. The van der Waals surface area contributed by atoms with Crippen LogP contribution in [0.3, 0.4) is 0 Å². The minimum Gasteiger partial charge on any atom is -0.394 e. The van der Waals surface area contributed by atoms with Crippen molar-refractivity contribution in [3.05, 3.63) is 109 Å². The second kappa shape index (κ2) is 50.2. The molecule has 2 aliphatic heterocycles. The summed E-state index contributed by atoms with van der Waals surface area (Å²) in [5.74, 6) is -0.267. The van der Waals surface area contributed by atoms with Crippen LogP contribution in [0, 0.1) is 0 Å². The van der Waals surface area contributed by atoms with Crippen molar-refractivity contribution >= 4 is 5.91 Å². The third-order valence-electron chi connectivity index (χ3n) is 14.4. The van der Waals surface area contributed by atoms with Gasteiger partial charge in [-0.2, -0.15) is 0 Å². The molecule has 14 heteroatoms. The lowest BCUT2D eigenvalue weighted by molar-refractivity contribution is -0.359. The molecule has 0 radical (unpaired) electrons. The number of rotatable bonds is 48. The third-order valence-corrected chi connectivity index (χ3v) is 14.4. The maximum Gasteiger partial charge on any atom is 0.220 e. The molecule has 2 aliphatic rings. The second-order valence-electron chi connectivity index (χ2n) is 21.4. The van der Waals surface area contributed by atoms with Gasteiger partial charge in [0.1, 0.15) is 48.8 Å². The molecule has 9 N–H and O–H groups in total. The molecule has 0 aromatic heterocycles. The first kappa shape index (κ1) is 72.8. The van der Waals surface area contributed by atoms with Crippen LogP contribution in [0.25, 0.3) is 0 Å². The number of hydrogen-bond acceptors (Lipinski definition) is 13. The Morgan fingerprint density at radius 3 is 1.38 bits per heavy atom. The number of nitrogens with one attached hydrogen (secondary N) is 1. The minimum atomic E-state index is -1.80. The van der Waals surface area contributed by atoms with E-state index in [1.807, 2.05) is 6.08 Å². The van der Waals surface area contributed by atoms with Crippen molar-refractivity contribution in [1.82, 2.24) is 5.32 Å². The Bertz CT molecular complexity index is 1760. The van der Waals surface area contributed by atoms with Gasteiger partial charge < -0.3 is 65.1 Å². The van der Waals surface area contributed by atoms with Crippen LogP contribution in [0.4, 0.5) is 0 Å². The fourth-order valence-electron chi connectivity index (χ4n) is 9.44. The molecular weight excluding hydrogens is 1010 g/mol. The topological polar surface area (TPSA) is 228 Å². The van der Waals surface area contributed by atoms with Gasteiger partial charge in [0, 0.05) is 6.42 Å². The Morgan fingerprint density at radius 1 is 0.463 bits per heavy atom. The summed E-state index contributed by atoms with van der Waals surface area (Å²) in [6.07, 6.45) is 54.0. The van der Waals surface area contributed by atoms with Gasteiger partial charge in [-0.1, -0.05) is 213 Å². The quantitative estimate of drug-likeness (QED) is 0.0204. The summed E-state index contributed by atoms with van der Waals surface area (Å²) in [5, 5.41) is 87.2. The van der Waals surface area contributed by atoms with Crippen LogP contribution in [-0.2, 0) is 23.7 Å². The van der Waals surface area contributed by atoms with Gasteiger partial charge in [-0.15, -0.1) is 0 Å². The third kappa shape index (κ3) is 34.9. The fraction of sp³-hybridized carbons (Fsp3) is 0.712. The predicted octanol–water partition coefficient (Wildman–Crippen LogP) is 11.2. The SMILES string of the molecule is CC/C=C\C/C=C\C/C=C\C/C=C\C/C=C\C/C=C\CCCCCCCCCCC(=O)NC(COC1OC(CO)C(OC2OC(CO)C(O)C(O)C2O)C(O)C1O)C(O)/C=C/CC/C=C/CC/C=C/CCCCCCCCCCC. The van der Waals surface area contributed by atoms with Gasteiger partial charge in [0.05, 0.1) is 32.0 Å².